The zero-order valence-electron chi connectivity index (χ0n) is 11.0. The van der Waals surface area contributed by atoms with Crippen molar-refractivity contribution in [2.24, 2.45) is 0 Å². The number of aryl methyl sites for hydroxylation is 2. The number of benzene rings is 1. The molecule has 5 heteroatoms. The van der Waals surface area contributed by atoms with Crippen LogP contribution in [0.15, 0.2) is 40.3 Å². The molecule has 0 radical (unpaired) electrons. The lowest BCUT2D eigenvalue weighted by Crippen LogP contribution is -2.03. The van der Waals surface area contributed by atoms with Crippen LogP contribution in [0.1, 0.15) is 21.9 Å². The molecule has 0 amide bonds. The van der Waals surface area contributed by atoms with E-state index in [1.807, 2.05) is 38.1 Å². The standard InChI is InChI=1S/C14H14N2O2S/c1-9-8-13(16-10(2)15-9)19-12-7-5-4-6-11(12)14(17)18-3/h4-8H,1-3H3. The second-order valence-electron chi connectivity index (χ2n) is 3.98. The highest BCUT2D eigenvalue weighted by atomic mass is 32.2. The first-order valence-corrected chi connectivity index (χ1v) is 6.59. The summed E-state index contributed by atoms with van der Waals surface area (Å²) < 4.78 is 4.78. The Bertz CT molecular complexity index is 594. The van der Waals surface area contributed by atoms with Crippen molar-refractivity contribution < 1.29 is 9.53 Å². The van der Waals surface area contributed by atoms with E-state index in [1.54, 1.807) is 6.07 Å². The average molecular weight is 274 g/mol. The first kappa shape index (κ1) is 13.5. The Labute approximate surface area is 116 Å². The second kappa shape index (κ2) is 5.84. The molecule has 0 bridgehead atoms. The first-order valence-electron chi connectivity index (χ1n) is 5.77. The summed E-state index contributed by atoms with van der Waals surface area (Å²) in [6, 6.07) is 9.22. The number of esters is 1. The molecule has 19 heavy (non-hydrogen) atoms. The minimum atomic E-state index is -0.342. The van der Waals surface area contributed by atoms with E-state index in [1.165, 1.54) is 18.9 Å². The van der Waals surface area contributed by atoms with Gasteiger partial charge < -0.3 is 4.74 Å². The number of aromatic nitrogens is 2. The Morgan fingerprint density at radius 3 is 2.63 bits per heavy atom. The Kier molecular flexibility index (Phi) is 4.16. The number of carbonyl (C=O) groups is 1. The van der Waals surface area contributed by atoms with Crippen molar-refractivity contribution in [3.63, 3.8) is 0 Å². The van der Waals surface area contributed by atoms with E-state index in [0.717, 1.165) is 21.4 Å². The summed E-state index contributed by atoms with van der Waals surface area (Å²) in [6.45, 7) is 3.77. The number of rotatable bonds is 3. The van der Waals surface area contributed by atoms with Gasteiger partial charge in [0.15, 0.2) is 0 Å². The molecule has 0 saturated heterocycles. The van der Waals surface area contributed by atoms with Crippen LogP contribution in [0.25, 0.3) is 0 Å². The lowest BCUT2D eigenvalue weighted by atomic mass is 10.2. The molecular weight excluding hydrogens is 260 g/mol. The zero-order valence-corrected chi connectivity index (χ0v) is 11.8. The molecule has 0 aliphatic heterocycles. The number of carbonyl (C=O) groups excluding carboxylic acids is 1. The normalized spacial score (nSPS) is 10.3. The fourth-order valence-electron chi connectivity index (χ4n) is 1.68. The van der Waals surface area contributed by atoms with E-state index in [2.05, 4.69) is 9.97 Å². The molecule has 0 fully saturated rings. The van der Waals surface area contributed by atoms with Crippen molar-refractivity contribution in [3.05, 3.63) is 47.4 Å². The highest BCUT2D eigenvalue weighted by Gasteiger charge is 2.12. The molecule has 4 nitrogen and oxygen atoms in total. The second-order valence-corrected chi connectivity index (χ2v) is 5.05. The van der Waals surface area contributed by atoms with Crippen molar-refractivity contribution in [2.45, 2.75) is 23.8 Å². The molecule has 2 aromatic rings. The lowest BCUT2D eigenvalue weighted by Gasteiger charge is -2.07. The largest absolute Gasteiger partial charge is 0.465 e. The molecular formula is C14H14N2O2S. The van der Waals surface area contributed by atoms with Gasteiger partial charge in [-0.05, 0) is 32.0 Å². The third-order valence-electron chi connectivity index (χ3n) is 2.45. The van der Waals surface area contributed by atoms with E-state index >= 15 is 0 Å². The lowest BCUT2D eigenvalue weighted by molar-refractivity contribution is 0.0597. The Morgan fingerprint density at radius 2 is 1.95 bits per heavy atom. The molecule has 0 N–H and O–H groups in total. The smallest absolute Gasteiger partial charge is 0.339 e. The fraction of sp³-hybridized carbons (Fsp3) is 0.214. The summed E-state index contributed by atoms with van der Waals surface area (Å²) in [6.07, 6.45) is 0. The molecule has 2 rings (SSSR count). The Balaban J connectivity index is 2.35. The van der Waals surface area contributed by atoms with Crippen LogP contribution in [0.4, 0.5) is 0 Å². The SMILES string of the molecule is COC(=O)c1ccccc1Sc1cc(C)nc(C)n1. The van der Waals surface area contributed by atoms with Crippen LogP contribution in [0.3, 0.4) is 0 Å². The quantitative estimate of drug-likeness (QED) is 0.636. The Morgan fingerprint density at radius 1 is 1.21 bits per heavy atom. The molecule has 1 aromatic heterocycles. The van der Waals surface area contributed by atoms with Crippen LogP contribution < -0.4 is 0 Å². The minimum Gasteiger partial charge on any atom is -0.465 e. The maximum absolute atomic E-state index is 11.7. The predicted molar refractivity (Wildman–Crippen MR) is 73.4 cm³/mol. The van der Waals surface area contributed by atoms with Crippen molar-refractivity contribution in [1.29, 1.82) is 0 Å². The molecule has 0 saturated carbocycles. The number of methoxy groups -OCH3 is 1. The monoisotopic (exact) mass is 274 g/mol. The van der Waals surface area contributed by atoms with Gasteiger partial charge in [-0.3, -0.25) is 0 Å². The van der Waals surface area contributed by atoms with E-state index in [0.29, 0.717) is 5.56 Å². The summed E-state index contributed by atoms with van der Waals surface area (Å²) in [5, 5.41) is 0.821. The molecule has 0 aliphatic rings. The van der Waals surface area contributed by atoms with Gasteiger partial charge in [-0.25, -0.2) is 14.8 Å². The van der Waals surface area contributed by atoms with Gasteiger partial charge in [0.2, 0.25) is 0 Å². The topological polar surface area (TPSA) is 52.1 Å². The summed E-state index contributed by atoms with van der Waals surface area (Å²) in [4.78, 5) is 21.1. The van der Waals surface area contributed by atoms with E-state index in [4.69, 9.17) is 4.74 Å². The van der Waals surface area contributed by atoms with Gasteiger partial charge in [-0.2, -0.15) is 0 Å². The van der Waals surface area contributed by atoms with Crippen LogP contribution in [0, 0.1) is 13.8 Å². The highest BCUT2D eigenvalue weighted by molar-refractivity contribution is 7.99. The van der Waals surface area contributed by atoms with Crippen molar-refractivity contribution in [1.82, 2.24) is 9.97 Å². The maximum Gasteiger partial charge on any atom is 0.339 e. The molecule has 98 valence electrons. The fourth-order valence-corrected chi connectivity index (χ4v) is 2.72. The number of nitrogens with zero attached hydrogens (tertiary/aromatic N) is 2. The third kappa shape index (κ3) is 3.32. The van der Waals surface area contributed by atoms with E-state index in [9.17, 15) is 4.79 Å². The molecule has 0 atom stereocenters. The van der Waals surface area contributed by atoms with Gasteiger partial charge in [0, 0.05) is 10.6 Å². The van der Waals surface area contributed by atoms with Gasteiger partial charge in [0.1, 0.15) is 10.9 Å². The number of ether oxygens (including phenoxy) is 1. The van der Waals surface area contributed by atoms with Crippen LogP contribution in [0.2, 0.25) is 0 Å². The average Bonchev–Trinajstić information content (AvgIpc) is 2.37. The van der Waals surface area contributed by atoms with Crippen molar-refractivity contribution >= 4 is 17.7 Å². The minimum absolute atomic E-state index is 0.342. The third-order valence-corrected chi connectivity index (χ3v) is 3.44. The summed E-state index contributed by atoms with van der Waals surface area (Å²) in [5.74, 6) is 0.378. The van der Waals surface area contributed by atoms with Gasteiger partial charge in [0.05, 0.1) is 12.7 Å². The molecule has 1 aromatic carbocycles. The van der Waals surface area contributed by atoms with Crippen molar-refractivity contribution in [3.8, 4) is 0 Å². The van der Waals surface area contributed by atoms with Crippen molar-refractivity contribution in [2.75, 3.05) is 7.11 Å². The Hall–Kier alpha value is -1.88. The van der Waals surface area contributed by atoms with Crippen LogP contribution in [0.5, 0.6) is 0 Å². The highest BCUT2D eigenvalue weighted by Crippen LogP contribution is 2.29. The van der Waals surface area contributed by atoms with Gasteiger partial charge in [-0.1, -0.05) is 23.9 Å². The number of hydrogen-bond donors (Lipinski definition) is 0. The maximum atomic E-state index is 11.7. The number of hydrogen-bond acceptors (Lipinski definition) is 5. The van der Waals surface area contributed by atoms with E-state index < -0.39 is 0 Å². The molecule has 0 spiro atoms. The summed E-state index contributed by atoms with van der Waals surface area (Å²) in [7, 11) is 1.38. The van der Waals surface area contributed by atoms with Gasteiger partial charge >= 0.3 is 5.97 Å². The molecule has 1 heterocycles. The van der Waals surface area contributed by atoms with Crippen LogP contribution in [-0.2, 0) is 4.74 Å². The predicted octanol–water partition coefficient (Wildman–Crippen LogP) is 3.03. The zero-order chi connectivity index (χ0) is 13.8. The van der Waals surface area contributed by atoms with E-state index in [-0.39, 0.29) is 5.97 Å². The summed E-state index contributed by atoms with van der Waals surface area (Å²) in [5.41, 5.74) is 1.45. The van der Waals surface area contributed by atoms with Gasteiger partial charge in [0.25, 0.3) is 0 Å². The summed E-state index contributed by atoms with van der Waals surface area (Å²) >= 11 is 1.43. The molecule has 0 unspecified atom stereocenters. The van der Waals surface area contributed by atoms with Gasteiger partial charge in [-0.15, -0.1) is 0 Å². The van der Waals surface area contributed by atoms with Crippen LogP contribution >= 0.6 is 11.8 Å². The molecule has 0 aliphatic carbocycles. The first-order chi connectivity index (χ1) is 9.10. The van der Waals surface area contributed by atoms with Crippen LogP contribution in [-0.4, -0.2) is 23.0 Å².